The Morgan fingerprint density at radius 3 is 1.10 bits per heavy atom. The van der Waals surface area contributed by atoms with Gasteiger partial charge in [0.15, 0.2) is 44.0 Å². The topological polar surface area (TPSA) is 618 Å². The van der Waals surface area contributed by atoms with E-state index in [1.165, 1.54) is 7.11 Å². The molecule has 0 aromatic heterocycles. The Hall–Kier alpha value is -2.95. The average molecular weight is 1410 g/mol. The Kier molecular flexibility index (Phi) is 31.2. The molecule has 7 heterocycles. The van der Waals surface area contributed by atoms with Gasteiger partial charge in [-0.05, 0) is 12.8 Å². The van der Waals surface area contributed by atoms with E-state index in [-0.39, 0.29) is 19.0 Å². The quantitative estimate of drug-likeness (QED) is 0.0226. The predicted octanol–water partition coefficient (Wildman–Crippen LogP) is -13.1. The van der Waals surface area contributed by atoms with Gasteiger partial charge in [0.1, 0.15) is 171 Å². The lowest BCUT2D eigenvalue weighted by Crippen LogP contribution is -2.71. The lowest BCUT2D eigenvalue weighted by Gasteiger charge is -2.52. The molecule has 0 saturated carbocycles. The maximum absolute atomic E-state index is 13.0. The van der Waals surface area contributed by atoms with Crippen molar-refractivity contribution in [2.45, 2.75) is 274 Å². The van der Waals surface area contributed by atoms with Gasteiger partial charge in [-0.1, -0.05) is 25.7 Å². The van der Waals surface area contributed by atoms with Gasteiger partial charge in [0.05, 0.1) is 53.4 Å². The van der Waals surface area contributed by atoms with Crippen molar-refractivity contribution in [1.82, 2.24) is 10.6 Å². The normalized spacial score (nSPS) is 45.5. The summed E-state index contributed by atoms with van der Waals surface area (Å²) in [5.41, 5.74) is 0. The summed E-state index contributed by atoms with van der Waals surface area (Å²) >= 11 is 0. The van der Waals surface area contributed by atoms with Gasteiger partial charge in [0.2, 0.25) is 11.8 Å². The minimum Gasteiger partial charge on any atom is -0.469 e. The summed E-state index contributed by atoms with van der Waals surface area (Å²) < 4.78 is 87.9. The fourth-order valence-electron chi connectivity index (χ4n) is 12.2. The summed E-state index contributed by atoms with van der Waals surface area (Å²) in [7, 11) is 1.28. The Bertz CT molecular complexity index is 2340. The molecule has 0 aliphatic carbocycles. The first kappa shape index (κ1) is 80.4. The summed E-state index contributed by atoms with van der Waals surface area (Å²) in [6.07, 6.45) is -60.5. The van der Waals surface area contributed by atoms with Crippen LogP contribution < -0.4 is 10.6 Å². The standard InChI is InChI=1S/C56H96N2O38/c1-19(65)57-29-35(72)45(93-54-41(78)38(75)32(69)22(13-60)86-54)24(15-62)88-50(29)92-47-26(17-64)90-56(49(43(47)80)96-51-30(58-20(2)66)36(73)46(25(16-63)89-51)94-55-42(79)39(76)33(70)23(14-61)87-55)95-48-34(71)27(18-84-52-40(77)37(74)31(68)21(12-59)85-52)91-53(44(48)81)83-11-9-7-5-4-6-8-10-28(67)82-3/h21-27,29-56,59-64,68-81H,4-18H2,1-3H3,(H,57,65)(H,58,66)/t21-,22-,23-,24-,25-,26-,27-,29-,30-,31-,32+,33+,34-,35-,36-,37+,38+,39+,40+,41-,42-,43+,44+,45-,46-,47-,48+,49+,50+,51+,52+,53-,54+,55+,56-/m1/s1. The van der Waals surface area contributed by atoms with Crippen LogP contribution in [0.4, 0.5) is 0 Å². The molecular formula is C56H96N2O38. The summed E-state index contributed by atoms with van der Waals surface area (Å²) in [4.78, 5) is 37.5. The van der Waals surface area contributed by atoms with Crippen LogP contribution in [0.15, 0.2) is 0 Å². The smallest absolute Gasteiger partial charge is 0.305 e. The lowest BCUT2D eigenvalue weighted by atomic mass is 9.93. The molecule has 7 aliphatic rings. The van der Waals surface area contributed by atoms with Crippen LogP contribution in [-0.4, -0.2) is 395 Å². The molecule has 7 rings (SSSR count). The van der Waals surface area contributed by atoms with Crippen LogP contribution in [0.5, 0.6) is 0 Å². The third-order valence-electron chi connectivity index (χ3n) is 17.6. The molecule has 0 spiro atoms. The monoisotopic (exact) mass is 1400 g/mol. The van der Waals surface area contributed by atoms with E-state index in [1.54, 1.807) is 0 Å². The van der Waals surface area contributed by atoms with Gasteiger partial charge in [-0.2, -0.15) is 0 Å². The molecule has 7 saturated heterocycles. The summed E-state index contributed by atoms with van der Waals surface area (Å²) in [6, 6.07) is -3.77. The van der Waals surface area contributed by atoms with E-state index in [4.69, 9.17) is 66.3 Å². The van der Waals surface area contributed by atoms with Crippen molar-refractivity contribution in [1.29, 1.82) is 0 Å². The number of hydrogen-bond acceptors (Lipinski definition) is 38. The number of rotatable bonds is 31. The highest BCUT2D eigenvalue weighted by Gasteiger charge is 2.59. The highest BCUT2D eigenvalue weighted by atomic mass is 16.8. The van der Waals surface area contributed by atoms with Crippen molar-refractivity contribution in [3.05, 3.63) is 0 Å². The molecular weight excluding hydrogens is 1310 g/mol. The van der Waals surface area contributed by atoms with Crippen LogP contribution in [0, 0.1) is 0 Å². The van der Waals surface area contributed by atoms with Crippen molar-refractivity contribution in [3.63, 3.8) is 0 Å². The molecule has 7 aliphatic heterocycles. The lowest BCUT2D eigenvalue weighted by molar-refractivity contribution is -0.402. The fraction of sp³-hybridized carbons (Fsp3) is 0.946. The van der Waals surface area contributed by atoms with E-state index in [1.807, 2.05) is 0 Å². The van der Waals surface area contributed by atoms with Gasteiger partial charge >= 0.3 is 5.97 Å². The molecule has 96 heavy (non-hydrogen) atoms. The average Bonchev–Trinajstić information content (AvgIpc) is 0.771. The van der Waals surface area contributed by atoms with Gasteiger partial charge in [-0.3, -0.25) is 14.4 Å². The SMILES string of the molecule is COC(=O)CCCCCCCCO[C@@H]1O[C@H](CO[C@H]2O[C@H](CO)[C@@H](O)[C@H](O)[C@@H]2O)[C@@H](O)[C@H](O[C@H]2O[C@H](CO)[C@@H](O[C@@H]3O[C@H](CO)[C@@H](O[C@@H]4O[C@H](CO)[C@H](O)[C@H](O)[C@H]4O)[C@H](O)[C@H]3NC(C)=O)[C@H](O)[C@@H]2O[C@@H]2O[C@H](CO)[C@@H](O[C@@H]3O[C@H](CO)[C@H](O)[C@H](O)[C@H]3O)[C@H](O)[C@H]2NC(C)=O)[C@@H]1O. The molecule has 40 nitrogen and oxygen atoms in total. The zero-order valence-electron chi connectivity index (χ0n) is 52.6. The fourth-order valence-corrected chi connectivity index (χ4v) is 12.2. The molecule has 0 aromatic rings. The number of esters is 1. The minimum absolute atomic E-state index is 0.128. The van der Waals surface area contributed by atoms with Gasteiger partial charge in [0.25, 0.3) is 0 Å². The summed E-state index contributed by atoms with van der Waals surface area (Å²) in [5.74, 6) is -2.16. The molecule has 35 atom stereocenters. The second-order valence-electron chi connectivity index (χ2n) is 24.4. The molecule has 2 amide bonds. The van der Waals surface area contributed by atoms with Crippen molar-refractivity contribution in [2.75, 3.05) is 60.0 Å². The number of carbonyl (C=O) groups is 3. The highest BCUT2D eigenvalue weighted by molar-refractivity contribution is 5.73. The minimum atomic E-state index is -2.39. The molecule has 22 N–H and O–H groups in total. The van der Waals surface area contributed by atoms with E-state index in [9.17, 15) is 117 Å². The number of hydrogen-bond donors (Lipinski definition) is 22. The number of unbranched alkanes of at least 4 members (excludes halogenated alkanes) is 5. The number of nitrogens with one attached hydrogen (secondary N) is 2. The van der Waals surface area contributed by atoms with E-state index >= 15 is 0 Å². The van der Waals surface area contributed by atoms with Crippen molar-refractivity contribution in [2.24, 2.45) is 0 Å². The van der Waals surface area contributed by atoms with Crippen LogP contribution in [0.3, 0.4) is 0 Å². The number of carbonyl (C=O) groups excluding carboxylic acids is 3. The van der Waals surface area contributed by atoms with E-state index < -0.39 is 273 Å². The van der Waals surface area contributed by atoms with Crippen molar-refractivity contribution >= 4 is 17.8 Å². The predicted molar refractivity (Wildman–Crippen MR) is 303 cm³/mol. The Morgan fingerprint density at radius 2 is 0.667 bits per heavy atom. The number of amides is 2. The number of ether oxygens (including phenoxy) is 15. The maximum atomic E-state index is 13.0. The van der Waals surface area contributed by atoms with Crippen LogP contribution in [0.1, 0.15) is 58.8 Å². The van der Waals surface area contributed by atoms with Gasteiger partial charge in [-0.25, -0.2) is 0 Å². The highest BCUT2D eigenvalue weighted by Crippen LogP contribution is 2.39. The Morgan fingerprint density at radius 1 is 0.323 bits per heavy atom. The first-order chi connectivity index (χ1) is 45.7. The van der Waals surface area contributed by atoms with Crippen molar-refractivity contribution in [3.8, 4) is 0 Å². The van der Waals surface area contributed by atoms with Crippen molar-refractivity contribution < 1.29 is 188 Å². The van der Waals surface area contributed by atoms with Crippen LogP contribution in [-0.2, 0) is 85.4 Å². The molecule has 40 heteroatoms. The van der Waals surface area contributed by atoms with Crippen LogP contribution >= 0.6 is 0 Å². The number of aliphatic hydroxyl groups is 20. The largest absolute Gasteiger partial charge is 0.469 e. The first-order valence-electron chi connectivity index (χ1n) is 31.6. The Balaban J connectivity index is 1.22. The third kappa shape index (κ3) is 19.2. The molecule has 7 fully saturated rings. The first-order valence-corrected chi connectivity index (χ1v) is 31.6. The van der Waals surface area contributed by atoms with E-state index in [2.05, 4.69) is 15.4 Å². The summed E-state index contributed by atoms with van der Waals surface area (Å²) in [5, 5.41) is 224. The van der Waals surface area contributed by atoms with E-state index in [0.29, 0.717) is 32.1 Å². The molecule has 558 valence electrons. The zero-order chi connectivity index (χ0) is 70.6. The van der Waals surface area contributed by atoms with E-state index in [0.717, 1.165) is 20.3 Å². The molecule has 0 radical (unpaired) electrons. The summed E-state index contributed by atoms with van der Waals surface area (Å²) in [6.45, 7) is -5.04. The van der Waals surface area contributed by atoms with Crippen LogP contribution in [0.25, 0.3) is 0 Å². The molecule has 0 unspecified atom stereocenters. The van der Waals surface area contributed by atoms with Gasteiger partial charge in [0, 0.05) is 26.9 Å². The molecule has 0 bridgehead atoms. The third-order valence-corrected chi connectivity index (χ3v) is 17.6. The Labute approximate surface area is 548 Å². The number of methoxy groups -OCH3 is 1. The molecule has 0 aromatic carbocycles. The van der Waals surface area contributed by atoms with Gasteiger partial charge in [-0.15, -0.1) is 0 Å². The second kappa shape index (κ2) is 37.3. The maximum Gasteiger partial charge on any atom is 0.305 e. The van der Waals surface area contributed by atoms with Gasteiger partial charge < -0.3 is 184 Å². The van der Waals surface area contributed by atoms with Crippen LogP contribution in [0.2, 0.25) is 0 Å². The number of aliphatic hydroxyl groups excluding tert-OH is 20. The second-order valence-corrected chi connectivity index (χ2v) is 24.4. The zero-order valence-corrected chi connectivity index (χ0v) is 52.6.